The Hall–Kier alpha value is -1.74. The smallest absolute Gasteiger partial charge is 0.387 e. The van der Waals surface area contributed by atoms with Crippen LogP contribution in [0.5, 0.6) is 0 Å². The highest BCUT2D eigenvalue weighted by molar-refractivity contribution is 7.60. The molecule has 6 N–H and O–H groups in total. The van der Waals surface area contributed by atoms with E-state index in [2.05, 4.69) is 24.1 Å². The van der Waals surface area contributed by atoms with Crippen molar-refractivity contribution in [1.29, 1.82) is 0 Å². The fourth-order valence-corrected chi connectivity index (χ4v) is 5.42. The Morgan fingerprint density at radius 1 is 1.33 bits per heavy atom. The van der Waals surface area contributed by atoms with Crippen LogP contribution < -0.4 is 5.56 Å². The van der Waals surface area contributed by atoms with Gasteiger partial charge in [-0.1, -0.05) is 11.6 Å². The van der Waals surface area contributed by atoms with Crippen LogP contribution in [0.3, 0.4) is 0 Å². The van der Waals surface area contributed by atoms with E-state index < -0.39 is 51.8 Å². The van der Waals surface area contributed by atoms with Gasteiger partial charge < -0.3 is 29.6 Å². The number of halogens is 1. The third-order valence-corrected chi connectivity index (χ3v) is 7.48. The maximum absolute atomic E-state index is 12.1. The van der Waals surface area contributed by atoms with E-state index in [1.807, 2.05) is 0 Å². The summed E-state index contributed by atoms with van der Waals surface area (Å²) in [5, 5.41) is 32.9. The first-order chi connectivity index (χ1) is 15.2. The number of hydrogen-bond donors (Lipinski definition) is 6. The lowest BCUT2D eigenvalue weighted by molar-refractivity contribution is -0.102. The van der Waals surface area contributed by atoms with Crippen LogP contribution in [-0.2, 0) is 22.7 Å². The van der Waals surface area contributed by atoms with Crippen molar-refractivity contribution in [3.8, 4) is 0 Å². The van der Waals surface area contributed by atoms with Gasteiger partial charge in [0.25, 0.3) is 5.56 Å². The zero-order valence-corrected chi connectivity index (χ0v) is 19.0. The number of ether oxygens (including phenoxy) is 1. The van der Waals surface area contributed by atoms with E-state index in [1.165, 1.54) is 25.4 Å². The second kappa shape index (κ2) is 8.18. The number of phosphoric acid groups is 2. The van der Waals surface area contributed by atoms with E-state index in [0.29, 0.717) is 10.8 Å². The summed E-state index contributed by atoms with van der Waals surface area (Å²) in [5.74, 6) is 0. The van der Waals surface area contributed by atoms with E-state index >= 15 is 0 Å². The number of aliphatic hydroxyl groups excluding tert-OH is 1. The molecule has 1 aliphatic heterocycles. The molecule has 15 nitrogen and oxygen atoms in total. The second-order valence-corrected chi connectivity index (χ2v) is 10.7. The lowest BCUT2D eigenvalue weighted by Crippen LogP contribution is -2.44. The molecule has 5 atom stereocenters. The van der Waals surface area contributed by atoms with Gasteiger partial charge in [0.15, 0.2) is 6.23 Å². The molecule has 4 rings (SSSR count). The first-order valence-corrected chi connectivity index (χ1v) is 12.4. The molecule has 1 unspecified atom stereocenters. The topological polar surface area (TPSA) is 227 Å². The average Bonchev–Trinajstić information content (AvgIpc) is 3.06. The predicted octanol–water partition coefficient (Wildman–Crippen LogP) is 0.162. The van der Waals surface area contributed by atoms with Crippen LogP contribution >= 0.6 is 27.2 Å². The van der Waals surface area contributed by atoms with Crippen LogP contribution in [0.2, 0.25) is 5.02 Å². The van der Waals surface area contributed by atoms with Crippen LogP contribution in [0.15, 0.2) is 23.3 Å². The average molecular weight is 527 g/mol. The van der Waals surface area contributed by atoms with Gasteiger partial charge in [0, 0.05) is 17.0 Å². The molecule has 180 valence electrons. The first-order valence-electron chi connectivity index (χ1n) is 9.04. The number of rotatable bonds is 6. The molecule has 0 spiro atoms. The number of H-pyrrole nitrogens is 1. The summed E-state index contributed by atoms with van der Waals surface area (Å²) in [6.45, 7) is 0.333. The summed E-state index contributed by atoms with van der Waals surface area (Å²) in [4.78, 5) is 38.9. The van der Waals surface area contributed by atoms with Gasteiger partial charge in [0.1, 0.15) is 23.3 Å². The van der Waals surface area contributed by atoms with Crippen LogP contribution in [0, 0.1) is 0 Å². The second-order valence-electron chi connectivity index (χ2n) is 7.42. The van der Waals surface area contributed by atoms with Crippen molar-refractivity contribution in [2.24, 2.45) is 0 Å². The molecule has 2 aromatic heterocycles. The summed E-state index contributed by atoms with van der Waals surface area (Å²) >= 11 is 6.26. The number of nitrogens with zero attached hydrogens (tertiary/aromatic N) is 3. The fraction of sp³-hybridized carbons (Fsp3) is 0.400. The number of nitrogens with one attached hydrogen (secondary N) is 1. The normalized spacial score (nSPS) is 27.9. The van der Waals surface area contributed by atoms with Crippen LogP contribution in [0.4, 0.5) is 0 Å². The molecule has 3 heterocycles. The lowest BCUT2D eigenvalue weighted by atomic mass is 9.97. The van der Waals surface area contributed by atoms with Gasteiger partial charge in [-0.05, 0) is 13.0 Å². The van der Waals surface area contributed by atoms with E-state index in [1.54, 1.807) is 0 Å². The highest BCUT2D eigenvalue weighted by atomic mass is 35.5. The van der Waals surface area contributed by atoms with E-state index in [9.17, 15) is 29.0 Å². The van der Waals surface area contributed by atoms with Crippen LogP contribution in [0.1, 0.15) is 13.2 Å². The third-order valence-electron chi connectivity index (χ3n) is 5.01. The summed E-state index contributed by atoms with van der Waals surface area (Å²) < 4.78 is 37.3. The molecule has 18 heteroatoms. The van der Waals surface area contributed by atoms with Gasteiger partial charge >= 0.3 is 15.6 Å². The molecule has 0 aliphatic carbocycles. The molecule has 1 fully saturated rings. The Morgan fingerprint density at radius 2 is 2.03 bits per heavy atom. The summed E-state index contributed by atoms with van der Waals surface area (Å²) in [5.41, 5.74) is -2.31. The molecule has 1 aromatic carbocycles. The standard InChI is InChI=1S/C15H17ClN4O11P2/c1-15(23)12(21)10(5-29-33(27,28)31-32(24,25)26)30-14(15)20-4-7-8(16)2-6-11(7)9(19-20)3-17-18-13(6)22/h2-4,10,12,14,21,23H,5H2,1H3,(H,18,22)(H,27,28)(H2,24,25,26)/t10-,12-,14-,15-/m1/s1. The van der Waals surface area contributed by atoms with Crippen molar-refractivity contribution in [1.82, 2.24) is 20.0 Å². The minimum Gasteiger partial charge on any atom is -0.387 e. The summed E-state index contributed by atoms with van der Waals surface area (Å²) in [6.07, 6.45) is -1.87. The first kappa shape index (κ1) is 24.4. The highest BCUT2D eigenvalue weighted by Crippen LogP contribution is 2.58. The summed E-state index contributed by atoms with van der Waals surface area (Å²) in [6, 6.07) is 1.42. The van der Waals surface area contributed by atoms with Crippen molar-refractivity contribution < 1.29 is 47.6 Å². The molecule has 3 aromatic rings. The van der Waals surface area contributed by atoms with E-state index in [4.69, 9.17) is 26.1 Å². The molecule has 33 heavy (non-hydrogen) atoms. The van der Waals surface area contributed by atoms with Gasteiger partial charge in [-0.2, -0.15) is 14.5 Å². The number of phosphoric ester groups is 1. The number of aromatic nitrogens is 4. The van der Waals surface area contributed by atoms with Crippen molar-refractivity contribution in [3.63, 3.8) is 0 Å². The van der Waals surface area contributed by atoms with Crippen molar-refractivity contribution in [2.75, 3.05) is 6.61 Å². The minimum absolute atomic E-state index is 0.205. The van der Waals surface area contributed by atoms with Gasteiger partial charge in [-0.3, -0.25) is 9.32 Å². The number of aliphatic hydroxyl groups is 2. The van der Waals surface area contributed by atoms with Gasteiger partial charge in [0.2, 0.25) is 0 Å². The number of aromatic amines is 1. The maximum Gasteiger partial charge on any atom is 0.481 e. The van der Waals surface area contributed by atoms with Crippen molar-refractivity contribution in [3.05, 3.63) is 33.8 Å². The predicted molar refractivity (Wildman–Crippen MR) is 110 cm³/mol. The van der Waals surface area contributed by atoms with Crippen molar-refractivity contribution in [2.45, 2.75) is 31.0 Å². The zero-order valence-electron chi connectivity index (χ0n) is 16.5. The number of hydrogen-bond acceptors (Lipinski definition) is 10. The molecule has 1 aliphatic rings. The van der Waals surface area contributed by atoms with Crippen LogP contribution in [0.25, 0.3) is 21.7 Å². The van der Waals surface area contributed by atoms with Gasteiger partial charge in [-0.15, -0.1) is 0 Å². The Morgan fingerprint density at radius 3 is 2.70 bits per heavy atom. The van der Waals surface area contributed by atoms with Gasteiger partial charge in [0.05, 0.1) is 23.2 Å². The Bertz CT molecular complexity index is 1390. The molecular weight excluding hydrogens is 510 g/mol. The lowest BCUT2D eigenvalue weighted by Gasteiger charge is -2.27. The van der Waals surface area contributed by atoms with Crippen molar-refractivity contribution >= 4 is 48.9 Å². The fourth-order valence-electron chi connectivity index (χ4n) is 3.57. The SMILES string of the molecule is C[C@@]1(O)[C@H](O)[C@@H](COP(=O)(O)OP(=O)(O)O)O[C@H]1n1cc2c(Cl)cc3c(=O)[nH]ncc(n1)c23. The Kier molecular flexibility index (Phi) is 6.05. The Labute approximate surface area is 188 Å². The molecule has 0 amide bonds. The van der Waals surface area contributed by atoms with E-state index in [-0.39, 0.29) is 15.9 Å². The highest BCUT2D eigenvalue weighted by Gasteiger charge is 2.54. The van der Waals surface area contributed by atoms with Crippen LogP contribution in [-0.4, -0.2) is 69.3 Å². The summed E-state index contributed by atoms with van der Waals surface area (Å²) in [7, 11) is -10.6. The third kappa shape index (κ3) is 4.63. The molecule has 0 radical (unpaired) electrons. The largest absolute Gasteiger partial charge is 0.481 e. The Balaban J connectivity index is 1.68. The quantitative estimate of drug-likeness (QED) is 0.235. The molecular formula is C15H17ClN4O11P2. The molecule has 0 saturated carbocycles. The maximum atomic E-state index is 12.1. The molecule has 0 bridgehead atoms. The van der Waals surface area contributed by atoms with E-state index in [0.717, 1.165) is 4.68 Å². The van der Waals surface area contributed by atoms with Gasteiger partial charge in [-0.25, -0.2) is 18.9 Å². The minimum atomic E-state index is -5.35. The molecule has 1 saturated heterocycles. The monoisotopic (exact) mass is 526 g/mol. The zero-order chi connectivity index (χ0) is 24.3.